The smallest absolute Gasteiger partial charge is 0.155 e. The molecule has 1 aliphatic heterocycles. The minimum atomic E-state index is -3.08. The highest BCUT2D eigenvalue weighted by atomic mass is 35.5. The van der Waals surface area contributed by atoms with Crippen molar-refractivity contribution in [3.63, 3.8) is 0 Å². The van der Waals surface area contributed by atoms with E-state index in [1.54, 1.807) is 6.07 Å². The van der Waals surface area contributed by atoms with E-state index in [0.29, 0.717) is 11.6 Å². The maximum Gasteiger partial charge on any atom is 0.155 e. The van der Waals surface area contributed by atoms with Crippen LogP contribution in [0.5, 0.6) is 0 Å². The lowest BCUT2D eigenvalue weighted by Gasteiger charge is -2.15. The zero-order chi connectivity index (χ0) is 11.8. The summed E-state index contributed by atoms with van der Waals surface area (Å²) in [5.74, 6) is 0. The quantitative estimate of drug-likeness (QED) is 0.833. The molecule has 1 aromatic rings. The van der Waals surface area contributed by atoms with E-state index in [0.717, 1.165) is 24.1 Å². The summed E-state index contributed by atoms with van der Waals surface area (Å²) in [6.07, 6.45) is 2.10. The van der Waals surface area contributed by atoms with Crippen molar-refractivity contribution in [2.75, 3.05) is 19.3 Å². The number of hydrogen-bond acceptors (Lipinski definition) is 3. The van der Waals surface area contributed by atoms with Crippen LogP contribution in [0.2, 0.25) is 5.02 Å². The first-order valence-electron chi connectivity index (χ1n) is 5.16. The summed E-state index contributed by atoms with van der Waals surface area (Å²) in [4.78, 5) is 0. The Morgan fingerprint density at radius 3 is 2.88 bits per heavy atom. The molecule has 0 spiro atoms. The third kappa shape index (κ3) is 2.39. The molecule has 0 saturated carbocycles. The lowest BCUT2D eigenvalue weighted by Crippen LogP contribution is -2.25. The van der Waals surface area contributed by atoms with Gasteiger partial charge in [-0.1, -0.05) is 17.7 Å². The molecular formula is C11H14ClNO2S. The highest BCUT2D eigenvalue weighted by Crippen LogP contribution is 2.28. The molecule has 0 saturated heterocycles. The molecule has 0 amide bonds. The first-order chi connectivity index (χ1) is 7.48. The van der Waals surface area contributed by atoms with Crippen LogP contribution in [-0.2, 0) is 16.3 Å². The zero-order valence-electron chi connectivity index (χ0n) is 9.03. The Hall–Kier alpha value is -0.580. The van der Waals surface area contributed by atoms with E-state index in [2.05, 4.69) is 5.32 Å². The molecule has 16 heavy (non-hydrogen) atoms. The normalized spacial score (nSPS) is 21.2. The van der Waals surface area contributed by atoms with E-state index < -0.39 is 15.1 Å². The van der Waals surface area contributed by atoms with E-state index in [9.17, 15) is 8.42 Å². The largest absolute Gasteiger partial charge is 0.315 e. The lowest BCUT2D eigenvalue weighted by molar-refractivity contribution is 0.580. The fraction of sp³-hybridized carbons (Fsp3) is 0.455. The second kappa shape index (κ2) is 4.35. The minimum absolute atomic E-state index is 0.456. The number of rotatable bonds is 1. The van der Waals surface area contributed by atoms with E-state index >= 15 is 0 Å². The molecule has 0 radical (unpaired) electrons. The van der Waals surface area contributed by atoms with Gasteiger partial charge < -0.3 is 5.32 Å². The van der Waals surface area contributed by atoms with Crippen LogP contribution in [0.4, 0.5) is 0 Å². The first-order valence-corrected chi connectivity index (χ1v) is 7.49. The van der Waals surface area contributed by atoms with Gasteiger partial charge in [-0.2, -0.15) is 0 Å². The molecule has 1 aromatic carbocycles. The molecule has 2 rings (SSSR count). The molecule has 1 N–H and O–H groups in total. The van der Waals surface area contributed by atoms with Gasteiger partial charge in [0.05, 0.1) is 5.25 Å². The van der Waals surface area contributed by atoms with Gasteiger partial charge in [0.25, 0.3) is 0 Å². The summed E-state index contributed by atoms with van der Waals surface area (Å²) in [6, 6.07) is 5.45. The van der Waals surface area contributed by atoms with Crippen LogP contribution in [-0.4, -0.2) is 27.8 Å². The first kappa shape index (κ1) is 11.9. The monoisotopic (exact) mass is 259 g/mol. The Morgan fingerprint density at radius 1 is 1.44 bits per heavy atom. The van der Waals surface area contributed by atoms with Gasteiger partial charge in [0.15, 0.2) is 9.84 Å². The molecule has 5 heteroatoms. The van der Waals surface area contributed by atoms with Crippen LogP contribution in [0.25, 0.3) is 0 Å². The molecule has 0 aromatic heterocycles. The second-order valence-electron chi connectivity index (χ2n) is 4.12. The van der Waals surface area contributed by atoms with E-state index in [1.807, 2.05) is 12.1 Å². The Labute approximate surface area is 101 Å². The van der Waals surface area contributed by atoms with Crippen LogP contribution in [0.15, 0.2) is 18.2 Å². The van der Waals surface area contributed by atoms with Gasteiger partial charge >= 0.3 is 0 Å². The van der Waals surface area contributed by atoms with Crippen LogP contribution in [0, 0.1) is 0 Å². The van der Waals surface area contributed by atoms with Gasteiger partial charge in [-0.05, 0) is 36.2 Å². The Kier molecular flexibility index (Phi) is 3.24. The summed E-state index contributed by atoms with van der Waals surface area (Å²) in [7, 11) is -3.08. The number of benzene rings is 1. The third-order valence-corrected chi connectivity index (χ3v) is 4.56. The van der Waals surface area contributed by atoms with Crippen LogP contribution < -0.4 is 5.32 Å². The Morgan fingerprint density at radius 2 is 2.19 bits per heavy atom. The predicted octanol–water partition coefficient (Wildman–Crippen LogP) is 1.57. The molecule has 88 valence electrons. The van der Waals surface area contributed by atoms with E-state index in [-0.39, 0.29) is 0 Å². The lowest BCUT2D eigenvalue weighted by atomic mass is 10.0. The van der Waals surface area contributed by atoms with E-state index in [4.69, 9.17) is 11.6 Å². The van der Waals surface area contributed by atoms with Crippen molar-refractivity contribution in [3.05, 3.63) is 34.3 Å². The highest BCUT2D eigenvalue weighted by molar-refractivity contribution is 7.91. The summed E-state index contributed by atoms with van der Waals surface area (Å²) in [6.45, 7) is 1.27. The zero-order valence-corrected chi connectivity index (χ0v) is 10.6. The maximum absolute atomic E-state index is 11.7. The molecule has 0 bridgehead atoms. The molecule has 1 atom stereocenters. The highest BCUT2D eigenvalue weighted by Gasteiger charge is 2.26. The number of halogens is 1. The van der Waals surface area contributed by atoms with Gasteiger partial charge in [0.2, 0.25) is 0 Å². The summed E-state index contributed by atoms with van der Waals surface area (Å²) in [5, 5.41) is 3.35. The topological polar surface area (TPSA) is 46.2 Å². The van der Waals surface area contributed by atoms with Crippen molar-refractivity contribution in [3.8, 4) is 0 Å². The Balaban J connectivity index is 2.53. The fourth-order valence-corrected chi connectivity index (χ4v) is 3.36. The van der Waals surface area contributed by atoms with Crippen LogP contribution in [0.1, 0.15) is 16.4 Å². The van der Waals surface area contributed by atoms with E-state index in [1.165, 1.54) is 6.26 Å². The SMILES string of the molecule is CS(=O)(=O)C1CNCCc2cc(Cl)ccc21. The molecule has 1 heterocycles. The van der Waals surface area contributed by atoms with Crippen LogP contribution in [0.3, 0.4) is 0 Å². The van der Waals surface area contributed by atoms with Gasteiger partial charge in [-0.3, -0.25) is 0 Å². The van der Waals surface area contributed by atoms with Crippen molar-refractivity contribution < 1.29 is 8.42 Å². The minimum Gasteiger partial charge on any atom is -0.315 e. The number of nitrogens with one attached hydrogen (secondary N) is 1. The summed E-state index contributed by atoms with van der Waals surface area (Å²) < 4.78 is 23.4. The number of fused-ring (bicyclic) bond motifs is 1. The van der Waals surface area contributed by atoms with Gasteiger partial charge in [-0.25, -0.2) is 8.42 Å². The van der Waals surface area contributed by atoms with Crippen molar-refractivity contribution in [2.45, 2.75) is 11.7 Å². The van der Waals surface area contributed by atoms with Gasteiger partial charge in [0, 0.05) is 17.8 Å². The predicted molar refractivity (Wildman–Crippen MR) is 65.6 cm³/mol. The van der Waals surface area contributed by atoms with Gasteiger partial charge in [-0.15, -0.1) is 0 Å². The van der Waals surface area contributed by atoms with Crippen LogP contribution >= 0.6 is 11.6 Å². The van der Waals surface area contributed by atoms with Crippen molar-refractivity contribution in [1.29, 1.82) is 0 Å². The maximum atomic E-state index is 11.7. The standard InChI is InChI=1S/C11H14ClNO2S/c1-16(14,15)11-7-13-5-4-8-6-9(12)2-3-10(8)11/h2-3,6,11,13H,4-5,7H2,1H3. The number of sulfone groups is 1. The third-order valence-electron chi connectivity index (χ3n) is 2.87. The molecule has 0 aliphatic carbocycles. The fourth-order valence-electron chi connectivity index (χ4n) is 2.05. The average molecular weight is 260 g/mol. The molecule has 3 nitrogen and oxygen atoms in total. The second-order valence-corrected chi connectivity index (χ2v) is 6.78. The van der Waals surface area contributed by atoms with Gasteiger partial charge in [0.1, 0.15) is 0 Å². The number of hydrogen-bond donors (Lipinski definition) is 1. The summed E-state index contributed by atoms with van der Waals surface area (Å²) in [5.41, 5.74) is 1.92. The summed E-state index contributed by atoms with van der Waals surface area (Å²) >= 11 is 5.92. The average Bonchev–Trinajstić information content (AvgIpc) is 2.38. The van der Waals surface area contributed by atoms with Crippen molar-refractivity contribution >= 4 is 21.4 Å². The molecule has 0 fully saturated rings. The molecule has 1 aliphatic rings. The van der Waals surface area contributed by atoms with Crippen molar-refractivity contribution in [1.82, 2.24) is 5.32 Å². The molecule has 1 unspecified atom stereocenters. The van der Waals surface area contributed by atoms with Crippen molar-refractivity contribution in [2.24, 2.45) is 0 Å². The Bertz CT molecular complexity index is 499. The molecular weight excluding hydrogens is 246 g/mol.